The van der Waals surface area contributed by atoms with Crippen molar-refractivity contribution in [2.24, 2.45) is 5.92 Å². The van der Waals surface area contributed by atoms with E-state index < -0.39 is 0 Å². The van der Waals surface area contributed by atoms with Gasteiger partial charge in [-0.05, 0) is 44.1 Å². The fourth-order valence-corrected chi connectivity index (χ4v) is 5.07. The lowest BCUT2D eigenvalue weighted by Gasteiger charge is -2.17. The number of rotatable bonds is 5. The minimum absolute atomic E-state index is 0.0101. The van der Waals surface area contributed by atoms with Gasteiger partial charge in [-0.2, -0.15) is 0 Å². The Labute approximate surface area is 150 Å². The van der Waals surface area contributed by atoms with Gasteiger partial charge in [0.2, 0.25) is 5.91 Å². The quantitative estimate of drug-likeness (QED) is 0.628. The Kier molecular flexibility index (Phi) is 5.30. The molecule has 0 aromatic carbocycles. The molecule has 3 rings (SSSR count). The van der Waals surface area contributed by atoms with Crippen LogP contribution in [0.2, 0.25) is 0 Å². The number of aryl methyl sites for hydroxylation is 1. The van der Waals surface area contributed by atoms with E-state index in [1.165, 1.54) is 28.6 Å². The van der Waals surface area contributed by atoms with Crippen LogP contribution in [0, 0.1) is 5.92 Å². The Bertz CT molecular complexity index is 759. The lowest BCUT2D eigenvalue weighted by Crippen LogP contribution is -2.33. The lowest BCUT2D eigenvalue weighted by molar-refractivity contribution is -0.119. The first-order chi connectivity index (χ1) is 11.5. The van der Waals surface area contributed by atoms with Gasteiger partial charge in [0, 0.05) is 10.9 Å². The molecule has 0 spiro atoms. The van der Waals surface area contributed by atoms with Crippen molar-refractivity contribution in [1.82, 2.24) is 15.3 Å². The van der Waals surface area contributed by atoms with E-state index in [4.69, 9.17) is 5.73 Å². The molecule has 1 aliphatic carbocycles. The van der Waals surface area contributed by atoms with Gasteiger partial charge < -0.3 is 11.1 Å². The predicted molar refractivity (Wildman–Crippen MR) is 102 cm³/mol. The SMILES string of the molecule is CCC(C)NC(=O)CSc1nc(N)c2c3c(sc2n1)CC(C)CC3. The van der Waals surface area contributed by atoms with Crippen LogP contribution >= 0.6 is 23.1 Å². The molecule has 0 radical (unpaired) electrons. The molecule has 0 saturated carbocycles. The largest absolute Gasteiger partial charge is 0.383 e. The molecule has 24 heavy (non-hydrogen) atoms. The first kappa shape index (κ1) is 17.5. The zero-order valence-electron chi connectivity index (χ0n) is 14.4. The smallest absolute Gasteiger partial charge is 0.230 e. The van der Waals surface area contributed by atoms with E-state index in [2.05, 4.69) is 29.1 Å². The number of carbonyl (C=O) groups excluding carboxylic acids is 1. The number of fused-ring (bicyclic) bond motifs is 3. The molecule has 5 nitrogen and oxygen atoms in total. The van der Waals surface area contributed by atoms with Crippen molar-refractivity contribution in [2.75, 3.05) is 11.5 Å². The number of amides is 1. The van der Waals surface area contributed by atoms with Crippen LogP contribution in [0.3, 0.4) is 0 Å². The van der Waals surface area contributed by atoms with Crippen LogP contribution < -0.4 is 11.1 Å². The molecule has 2 unspecified atom stereocenters. The van der Waals surface area contributed by atoms with E-state index in [1.54, 1.807) is 11.3 Å². The van der Waals surface area contributed by atoms with Gasteiger partial charge in [-0.15, -0.1) is 11.3 Å². The molecule has 2 atom stereocenters. The third-order valence-corrected chi connectivity index (χ3v) is 6.51. The summed E-state index contributed by atoms with van der Waals surface area (Å²) in [5, 5.41) is 4.58. The summed E-state index contributed by atoms with van der Waals surface area (Å²) in [4.78, 5) is 23.4. The zero-order chi connectivity index (χ0) is 17.3. The van der Waals surface area contributed by atoms with Crippen molar-refractivity contribution in [1.29, 1.82) is 0 Å². The molecule has 0 bridgehead atoms. The Balaban J connectivity index is 1.77. The van der Waals surface area contributed by atoms with Crippen LogP contribution in [0.1, 0.15) is 44.1 Å². The van der Waals surface area contributed by atoms with Crippen molar-refractivity contribution >= 4 is 45.0 Å². The van der Waals surface area contributed by atoms with Gasteiger partial charge in [0.05, 0.1) is 11.1 Å². The lowest BCUT2D eigenvalue weighted by atomic mass is 9.89. The molecule has 0 aliphatic heterocycles. The molecule has 2 aromatic rings. The molecule has 7 heteroatoms. The maximum Gasteiger partial charge on any atom is 0.230 e. The number of thioether (sulfide) groups is 1. The molecule has 1 amide bonds. The third-order valence-electron chi connectivity index (χ3n) is 4.51. The summed E-state index contributed by atoms with van der Waals surface area (Å²) in [6.45, 7) is 6.34. The summed E-state index contributed by atoms with van der Waals surface area (Å²) in [5.41, 5.74) is 7.55. The molecule has 130 valence electrons. The first-order valence-electron chi connectivity index (χ1n) is 8.47. The van der Waals surface area contributed by atoms with E-state index in [-0.39, 0.29) is 11.9 Å². The second-order valence-corrected chi connectivity index (χ2v) is 8.61. The van der Waals surface area contributed by atoms with E-state index in [0.717, 1.165) is 35.4 Å². The minimum Gasteiger partial charge on any atom is -0.383 e. The number of nitrogens with zero attached hydrogens (tertiary/aromatic N) is 2. The average Bonchev–Trinajstić information content (AvgIpc) is 2.90. The van der Waals surface area contributed by atoms with Crippen LogP contribution in [0.4, 0.5) is 5.82 Å². The van der Waals surface area contributed by atoms with Crippen molar-refractivity contribution < 1.29 is 4.79 Å². The molecule has 0 saturated heterocycles. The van der Waals surface area contributed by atoms with Crippen molar-refractivity contribution in [3.8, 4) is 0 Å². The van der Waals surface area contributed by atoms with Crippen molar-refractivity contribution in [3.05, 3.63) is 10.4 Å². The number of nitrogen functional groups attached to an aromatic ring is 1. The van der Waals surface area contributed by atoms with Gasteiger partial charge in [-0.25, -0.2) is 9.97 Å². The van der Waals surface area contributed by atoms with Crippen LogP contribution in [0.5, 0.6) is 0 Å². The average molecular weight is 365 g/mol. The normalized spacial score (nSPS) is 18.4. The van der Waals surface area contributed by atoms with E-state index in [0.29, 0.717) is 16.7 Å². The molecular formula is C17H24N4OS2. The summed E-state index contributed by atoms with van der Waals surface area (Å²) >= 11 is 3.08. The maximum atomic E-state index is 11.9. The molecule has 3 N–H and O–H groups in total. The maximum absolute atomic E-state index is 11.9. The number of thiophene rings is 1. The summed E-state index contributed by atoms with van der Waals surface area (Å²) in [6.07, 6.45) is 4.29. The van der Waals surface area contributed by atoms with Crippen LogP contribution in [-0.2, 0) is 17.6 Å². The van der Waals surface area contributed by atoms with Crippen LogP contribution in [0.25, 0.3) is 10.2 Å². The number of aromatic nitrogens is 2. The van der Waals surface area contributed by atoms with E-state index in [1.807, 2.05) is 6.92 Å². The Morgan fingerprint density at radius 3 is 3.04 bits per heavy atom. The van der Waals surface area contributed by atoms with Gasteiger partial charge in [0.25, 0.3) is 0 Å². The highest BCUT2D eigenvalue weighted by atomic mass is 32.2. The Hall–Kier alpha value is -1.34. The summed E-state index contributed by atoms with van der Waals surface area (Å²) in [7, 11) is 0. The Morgan fingerprint density at radius 1 is 1.50 bits per heavy atom. The van der Waals surface area contributed by atoms with Gasteiger partial charge in [0.1, 0.15) is 10.6 Å². The second-order valence-electron chi connectivity index (χ2n) is 6.59. The minimum atomic E-state index is 0.0101. The fraction of sp³-hybridized carbons (Fsp3) is 0.588. The number of carbonyl (C=O) groups is 1. The summed E-state index contributed by atoms with van der Waals surface area (Å²) in [5.74, 6) is 1.60. The zero-order valence-corrected chi connectivity index (χ0v) is 16.0. The fourth-order valence-electron chi connectivity index (χ4n) is 2.96. The number of hydrogen-bond acceptors (Lipinski definition) is 6. The van der Waals surface area contributed by atoms with E-state index in [9.17, 15) is 4.79 Å². The highest BCUT2D eigenvalue weighted by Gasteiger charge is 2.23. The summed E-state index contributed by atoms with van der Waals surface area (Å²) < 4.78 is 0. The van der Waals surface area contributed by atoms with Crippen LogP contribution in [-0.4, -0.2) is 27.7 Å². The van der Waals surface area contributed by atoms with Gasteiger partial charge in [0.15, 0.2) is 5.16 Å². The highest BCUT2D eigenvalue weighted by Crippen LogP contribution is 2.39. The first-order valence-corrected chi connectivity index (χ1v) is 10.3. The molecule has 2 heterocycles. The highest BCUT2D eigenvalue weighted by molar-refractivity contribution is 7.99. The second kappa shape index (κ2) is 7.27. The number of hydrogen-bond donors (Lipinski definition) is 2. The summed E-state index contributed by atoms with van der Waals surface area (Å²) in [6, 6.07) is 0.192. The van der Waals surface area contributed by atoms with Gasteiger partial charge in [-0.3, -0.25) is 4.79 Å². The monoisotopic (exact) mass is 364 g/mol. The number of nitrogens with two attached hydrogens (primary N) is 1. The van der Waals surface area contributed by atoms with Gasteiger partial charge in [-0.1, -0.05) is 25.6 Å². The van der Waals surface area contributed by atoms with Crippen molar-refractivity contribution in [3.63, 3.8) is 0 Å². The number of anilines is 1. The number of nitrogens with one attached hydrogen (secondary N) is 1. The topological polar surface area (TPSA) is 80.9 Å². The molecule has 1 aliphatic rings. The Morgan fingerprint density at radius 2 is 2.29 bits per heavy atom. The van der Waals surface area contributed by atoms with E-state index >= 15 is 0 Å². The standard InChI is InChI=1S/C17H24N4OS2/c1-4-10(3)19-13(22)8-23-17-20-15(18)14-11-6-5-9(2)7-12(11)24-16(14)21-17/h9-10H,4-8H2,1-3H3,(H,19,22)(H2,18,20,21). The van der Waals surface area contributed by atoms with Gasteiger partial charge >= 0.3 is 0 Å². The molecular weight excluding hydrogens is 340 g/mol. The predicted octanol–water partition coefficient (Wildman–Crippen LogP) is 3.41. The molecule has 0 fully saturated rings. The van der Waals surface area contributed by atoms with Crippen molar-refractivity contribution in [2.45, 2.75) is 57.7 Å². The molecule has 2 aromatic heterocycles. The van der Waals surface area contributed by atoms with Crippen LogP contribution in [0.15, 0.2) is 5.16 Å². The third kappa shape index (κ3) is 3.67.